The molecule has 128 valence electrons. The minimum Gasteiger partial charge on any atom is -0.361 e. The number of aromatic nitrogens is 1. The van der Waals surface area contributed by atoms with E-state index in [-0.39, 0.29) is 18.0 Å². The van der Waals surface area contributed by atoms with Gasteiger partial charge in [0, 0.05) is 42.9 Å². The summed E-state index contributed by atoms with van der Waals surface area (Å²) in [5, 5.41) is 3.98. The Labute approximate surface area is 141 Å². The first-order chi connectivity index (χ1) is 11.6. The first-order valence-electron chi connectivity index (χ1n) is 8.50. The summed E-state index contributed by atoms with van der Waals surface area (Å²) in [5.41, 5.74) is 1.77. The number of nitrogens with zero attached hydrogens (tertiary/aromatic N) is 2. The molecular formula is C18H24N4O2. The van der Waals surface area contributed by atoms with Crippen molar-refractivity contribution in [2.24, 2.45) is 0 Å². The molecule has 0 spiro atoms. The summed E-state index contributed by atoms with van der Waals surface area (Å²) >= 11 is 0. The fourth-order valence-electron chi connectivity index (χ4n) is 3.16. The number of H-pyrrole nitrogens is 1. The van der Waals surface area contributed by atoms with Crippen LogP contribution in [0.2, 0.25) is 0 Å². The summed E-state index contributed by atoms with van der Waals surface area (Å²) in [6.45, 7) is 3.23. The summed E-state index contributed by atoms with van der Waals surface area (Å²) in [4.78, 5) is 31.7. The smallest absolute Gasteiger partial charge is 0.322 e. The van der Waals surface area contributed by atoms with E-state index in [4.69, 9.17) is 0 Å². The Kier molecular flexibility index (Phi) is 4.74. The van der Waals surface area contributed by atoms with E-state index in [9.17, 15) is 9.59 Å². The molecule has 24 heavy (non-hydrogen) atoms. The molecule has 1 unspecified atom stereocenters. The maximum absolute atomic E-state index is 12.7. The van der Waals surface area contributed by atoms with Crippen LogP contribution in [0.1, 0.15) is 26.2 Å². The van der Waals surface area contributed by atoms with Crippen LogP contribution in [0.3, 0.4) is 0 Å². The molecule has 6 heteroatoms. The zero-order valence-corrected chi connectivity index (χ0v) is 14.2. The molecule has 1 aliphatic heterocycles. The predicted octanol–water partition coefficient (Wildman–Crippen LogP) is 3.03. The molecule has 1 atom stereocenters. The second kappa shape index (κ2) is 6.95. The second-order valence-corrected chi connectivity index (χ2v) is 6.32. The first-order valence-corrected chi connectivity index (χ1v) is 8.50. The van der Waals surface area contributed by atoms with E-state index in [2.05, 4.69) is 17.2 Å². The number of fused-ring (bicyclic) bond motifs is 1. The third kappa shape index (κ3) is 3.22. The van der Waals surface area contributed by atoms with Gasteiger partial charge in [0.2, 0.25) is 5.91 Å². The van der Waals surface area contributed by atoms with Crippen molar-refractivity contribution in [1.29, 1.82) is 0 Å². The van der Waals surface area contributed by atoms with Crippen LogP contribution in [0.25, 0.3) is 10.9 Å². The minimum atomic E-state index is -0.361. The Bertz CT molecular complexity index is 739. The lowest BCUT2D eigenvalue weighted by Crippen LogP contribution is -2.58. The maximum Gasteiger partial charge on any atom is 0.322 e. The molecule has 1 aliphatic rings. The molecule has 1 saturated heterocycles. The molecule has 3 rings (SSSR count). The number of benzene rings is 1. The molecule has 0 aliphatic carbocycles. The molecule has 3 amide bonds. The largest absolute Gasteiger partial charge is 0.361 e. The summed E-state index contributed by atoms with van der Waals surface area (Å²) in [5.74, 6) is 0.0333. The molecule has 0 saturated carbocycles. The van der Waals surface area contributed by atoms with Crippen LogP contribution in [0.4, 0.5) is 10.5 Å². The van der Waals surface area contributed by atoms with Gasteiger partial charge in [0.15, 0.2) is 0 Å². The number of carbonyl (C=O) groups is 2. The quantitative estimate of drug-likeness (QED) is 0.906. The topological polar surface area (TPSA) is 68.4 Å². The standard InChI is InChI=1S/C18H24N4O2/c1-3-4-5-16-17(23)21(2)10-11-22(16)18(24)20-14-6-7-15-13(12-14)8-9-19-15/h6-9,12,16,19H,3-5,10-11H2,1-2H3,(H,20,24). The highest BCUT2D eigenvalue weighted by atomic mass is 16.2. The minimum absolute atomic E-state index is 0.0333. The van der Waals surface area contributed by atoms with E-state index < -0.39 is 0 Å². The first kappa shape index (κ1) is 16.4. The van der Waals surface area contributed by atoms with Gasteiger partial charge in [-0.05, 0) is 30.7 Å². The molecule has 0 radical (unpaired) electrons. The van der Waals surface area contributed by atoms with Gasteiger partial charge in [-0.2, -0.15) is 0 Å². The number of anilines is 1. The summed E-state index contributed by atoms with van der Waals surface area (Å²) in [6, 6.07) is 7.15. The lowest BCUT2D eigenvalue weighted by molar-refractivity contribution is -0.138. The van der Waals surface area contributed by atoms with Gasteiger partial charge < -0.3 is 20.1 Å². The number of nitrogens with one attached hydrogen (secondary N) is 2. The number of piperazine rings is 1. The number of amides is 3. The van der Waals surface area contributed by atoms with E-state index in [0.29, 0.717) is 19.5 Å². The number of likely N-dealkylation sites (N-methyl/N-ethyl adjacent to an activating group) is 1. The summed E-state index contributed by atoms with van der Waals surface area (Å²) in [7, 11) is 1.80. The van der Waals surface area contributed by atoms with Crippen LogP contribution >= 0.6 is 0 Å². The van der Waals surface area contributed by atoms with Crippen LogP contribution in [-0.2, 0) is 4.79 Å². The van der Waals surface area contributed by atoms with Gasteiger partial charge in [-0.1, -0.05) is 19.8 Å². The van der Waals surface area contributed by atoms with Crippen molar-refractivity contribution in [3.05, 3.63) is 30.5 Å². The van der Waals surface area contributed by atoms with Crippen LogP contribution in [0.5, 0.6) is 0 Å². The lowest BCUT2D eigenvalue weighted by atomic mass is 10.0. The fraction of sp³-hybridized carbons (Fsp3) is 0.444. The van der Waals surface area contributed by atoms with Crippen LogP contribution in [-0.4, -0.2) is 52.9 Å². The number of rotatable bonds is 4. The van der Waals surface area contributed by atoms with Crippen molar-refractivity contribution in [3.8, 4) is 0 Å². The Hall–Kier alpha value is -2.50. The second-order valence-electron chi connectivity index (χ2n) is 6.32. The van der Waals surface area contributed by atoms with Gasteiger partial charge in [0.05, 0.1) is 0 Å². The molecule has 2 heterocycles. The Morgan fingerprint density at radius 3 is 2.96 bits per heavy atom. The van der Waals surface area contributed by atoms with Crippen molar-refractivity contribution >= 4 is 28.5 Å². The molecule has 1 aromatic heterocycles. The van der Waals surface area contributed by atoms with Gasteiger partial charge in [-0.25, -0.2) is 4.79 Å². The van der Waals surface area contributed by atoms with Gasteiger partial charge in [-0.15, -0.1) is 0 Å². The zero-order chi connectivity index (χ0) is 17.1. The third-order valence-corrected chi connectivity index (χ3v) is 4.61. The van der Waals surface area contributed by atoms with E-state index in [1.807, 2.05) is 30.5 Å². The average molecular weight is 328 g/mol. The van der Waals surface area contributed by atoms with E-state index >= 15 is 0 Å². The number of aromatic amines is 1. The van der Waals surface area contributed by atoms with E-state index in [0.717, 1.165) is 29.4 Å². The van der Waals surface area contributed by atoms with Gasteiger partial charge in [0.1, 0.15) is 6.04 Å². The monoisotopic (exact) mass is 328 g/mol. The van der Waals surface area contributed by atoms with E-state index in [1.54, 1.807) is 16.8 Å². The number of hydrogen-bond acceptors (Lipinski definition) is 2. The molecule has 1 fully saturated rings. The van der Waals surface area contributed by atoms with Crippen molar-refractivity contribution in [2.45, 2.75) is 32.2 Å². The summed E-state index contributed by atoms with van der Waals surface area (Å²) < 4.78 is 0. The fourth-order valence-corrected chi connectivity index (χ4v) is 3.16. The number of unbranched alkanes of at least 4 members (excludes halogenated alkanes) is 1. The maximum atomic E-state index is 12.7. The Balaban J connectivity index is 1.74. The Morgan fingerprint density at radius 1 is 1.33 bits per heavy atom. The molecule has 0 bridgehead atoms. The number of hydrogen-bond donors (Lipinski definition) is 2. The van der Waals surface area contributed by atoms with Crippen molar-refractivity contribution in [1.82, 2.24) is 14.8 Å². The molecule has 2 N–H and O–H groups in total. The highest BCUT2D eigenvalue weighted by Crippen LogP contribution is 2.21. The van der Waals surface area contributed by atoms with Crippen molar-refractivity contribution in [2.75, 3.05) is 25.5 Å². The lowest BCUT2D eigenvalue weighted by Gasteiger charge is -2.39. The van der Waals surface area contributed by atoms with Crippen molar-refractivity contribution in [3.63, 3.8) is 0 Å². The van der Waals surface area contributed by atoms with E-state index in [1.165, 1.54) is 0 Å². The number of carbonyl (C=O) groups excluding carboxylic acids is 2. The number of urea groups is 1. The van der Waals surface area contributed by atoms with Gasteiger partial charge in [-0.3, -0.25) is 4.79 Å². The van der Waals surface area contributed by atoms with Crippen LogP contribution in [0, 0.1) is 0 Å². The Morgan fingerprint density at radius 2 is 2.17 bits per heavy atom. The highest BCUT2D eigenvalue weighted by Gasteiger charge is 2.35. The van der Waals surface area contributed by atoms with Gasteiger partial charge in [0.25, 0.3) is 0 Å². The summed E-state index contributed by atoms with van der Waals surface area (Å²) in [6.07, 6.45) is 4.52. The molecule has 1 aromatic carbocycles. The predicted molar refractivity (Wildman–Crippen MR) is 95.0 cm³/mol. The van der Waals surface area contributed by atoms with Gasteiger partial charge >= 0.3 is 6.03 Å². The normalized spacial score (nSPS) is 18.2. The molecule has 2 aromatic rings. The SMILES string of the molecule is CCCCC1C(=O)N(C)CCN1C(=O)Nc1ccc2[nH]ccc2c1. The van der Waals surface area contributed by atoms with Crippen LogP contribution < -0.4 is 5.32 Å². The molecular weight excluding hydrogens is 304 g/mol. The molecule has 6 nitrogen and oxygen atoms in total. The highest BCUT2D eigenvalue weighted by molar-refractivity contribution is 5.96. The zero-order valence-electron chi connectivity index (χ0n) is 14.2. The van der Waals surface area contributed by atoms with Crippen molar-refractivity contribution < 1.29 is 9.59 Å². The third-order valence-electron chi connectivity index (χ3n) is 4.61. The van der Waals surface area contributed by atoms with Crippen LogP contribution in [0.15, 0.2) is 30.5 Å². The average Bonchev–Trinajstić information content (AvgIpc) is 3.03.